The Kier molecular flexibility index (Phi) is 11.7. The molecule has 1 aliphatic rings. The minimum atomic E-state index is -0.961. The molecule has 1 aromatic carbocycles. The molecule has 1 amide bonds. The van der Waals surface area contributed by atoms with Gasteiger partial charge in [0.2, 0.25) is 0 Å². The summed E-state index contributed by atoms with van der Waals surface area (Å²) in [6, 6.07) is 1.19. The number of nitrogens with one attached hydrogen (secondary N) is 1. The zero-order valence-corrected chi connectivity index (χ0v) is 23.3. The van der Waals surface area contributed by atoms with Gasteiger partial charge in [0.05, 0.1) is 30.6 Å². The first-order valence-electron chi connectivity index (χ1n) is 12.4. The number of carbonyl (C=O) groups excluding carboxylic acids is 1. The van der Waals surface area contributed by atoms with E-state index in [1.54, 1.807) is 52.0 Å². The molecular formula is C28H38N2O9. The fourth-order valence-electron chi connectivity index (χ4n) is 4.38. The Hall–Kier alpha value is -3.67. The molecule has 0 fully saturated rings. The summed E-state index contributed by atoms with van der Waals surface area (Å²) in [5.74, 6) is -1.53. The lowest BCUT2D eigenvalue weighted by atomic mass is 9.91. The van der Waals surface area contributed by atoms with E-state index >= 15 is 0 Å². The Morgan fingerprint density at radius 3 is 2.38 bits per heavy atom. The molecule has 1 aliphatic heterocycles. The number of phenols is 2. The van der Waals surface area contributed by atoms with E-state index in [1.165, 1.54) is 33.5 Å². The lowest BCUT2D eigenvalue weighted by Crippen LogP contribution is -2.34. The van der Waals surface area contributed by atoms with Gasteiger partial charge in [-0.15, -0.1) is 4.91 Å². The van der Waals surface area contributed by atoms with Crippen LogP contribution in [-0.2, 0) is 19.1 Å². The molecule has 0 radical (unpaired) electrons. The first-order valence-corrected chi connectivity index (χ1v) is 12.4. The second-order valence-corrected chi connectivity index (χ2v) is 9.46. The number of aliphatic hydroxyl groups is 1. The van der Waals surface area contributed by atoms with Gasteiger partial charge in [-0.25, -0.2) is 0 Å². The van der Waals surface area contributed by atoms with E-state index < -0.39 is 36.2 Å². The molecule has 0 saturated carbocycles. The van der Waals surface area contributed by atoms with Gasteiger partial charge < -0.3 is 39.7 Å². The van der Waals surface area contributed by atoms with Gasteiger partial charge >= 0.3 is 0 Å². The third-order valence-electron chi connectivity index (χ3n) is 6.56. The SMILES string of the molecule is COc1c(O)cc2c(O)c1C=C(C)C[C@H](OC)[C@H](O)[C@@H](C)C=C(C)[C@H](ON=O)[C@@H](OC)C=CC=C(C)C(=O)N2. The van der Waals surface area contributed by atoms with Crippen LogP contribution in [0.15, 0.2) is 52.4 Å². The predicted octanol–water partition coefficient (Wildman–Crippen LogP) is 4.39. The number of ether oxygens (including phenoxy) is 3. The van der Waals surface area contributed by atoms with E-state index in [4.69, 9.17) is 19.0 Å². The number of allylic oxidation sites excluding steroid dienone is 2. The van der Waals surface area contributed by atoms with Gasteiger partial charge in [-0.05, 0) is 38.8 Å². The van der Waals surface area contributed by atoms with Crippen molar-refractivity contribution in [2.45, 2.75) is 58.5 Å². The average Bonchev–Trinajstić information content (AvgIpc) is 2.90. The summed E-state index contributed by atoms with van der Waals surface area (Å²) < 4.78 is 16.4. The molecule has 0 aromatic heterocycles. The highest BCUT2D eigenvalue weighted by Crippen LogP contribution is 2.43. The molecule has 214 valence electrons. The first kappa shape index (κ1) is 31.5. The van der Waals surface area contributed by atoms with E-state index in [-0.39, 0.29) is 40.5 Å². The molecular weight excluding hydrogens is 508 g/mol. The van der Waals surface area contributed by atoms with Crippen molar-refractivity contribution in [3.8, 4) is 17.2 Å². The summed E-state index contributed by atoms with van der Waals surface area (Å²) in [6.07, 6.45) is 5.04. The van der Waals surface area contributed by atoms with Crippen LogP contribution < -0.4 is 10.1 Å². The maximum absolute atomic E-state index is 12.8. The Labute approximate surface area is 228 Å². The predicted molar refractivity (Wildman–Crippen MR) is 147 cm³/mol. The van der Waals surface area contributed by atoms with Crippen LogP contribution in [0.1, 0.15) is 39.7 Å². The van der Waals surface area contributed by atoms with Gasteiger partial charge in [-0.2, -0.15) is 0 Å². The monoisotopic (exact) mass is 546 g/mol. The number of phenolic OH excluding ortho intramolecular Hbond substituents is 2. The van der Waals surface area contributed by atoms with Crippen molar-refractivity contribution in [3.05, 3.63) is 57.6 Å². The number of fused-ring (bicyclic) bond motifs is 2. The number of hydrogen-bond acceptors (Lipinski definition) is 10. The molecule has 2 rings (SSSR count). The fraction of sp³-hybridized carbons (Fsp3) is 0.464. The largest absolute Gasteiger partial charge is 0.505 e. The number of nitrogens with zero attached hydrogens (tertiary/aromatic N) is 1. The van der Waals surface area contributed by atoms with Crippen molar-refractivity contribution in [2.75, 3.05) is 26.6 Å². The van der Waals surface area contributed by atoms with E-state index in [0.29, 0.717) is 11.1 Å². The van der Waals surface area contributed by atoms with Crippen LogP contribution in [0, 0.1) is 10.8 Å². The maximum atomic E-state index is 12.8. The molecule has 5 atom stereocenters. The minimum absolute atomic E-state index is 0.0211. The molecule has 1 aromatic rings. The summed E-state index contributed by atoms with van der Waals surface area (Å²) in [5.41, 5.74) is 1.69. The van der Waals surface area contributed by atoms with Gasteiger partial charge in [0.15, 0.2) is 22.9 Å². The maximum Gasteiger partial charge on any atom is 0.251 e. The van der Waals surface area contributed by atoms with E-state index in [1.807, 2.05) is 0 Å². The average molecular weight is 547 g/mol. The number of anilines is 1. The molecule has 0 unspecified atom stereocenters. The van der Waals surface area contributed by atoms with Gasteiger partial charge in [-0.1, -0.05) is 36.8 Å². The van der Waals surface area contributed by atoms with Crippen LogP contribution in [0.3, 0.4) is 0 Å². The molecule has 11 heteroatoms. The van der Waals surface area contributed by atoms with Crippen molar-refractivity contribution in [1.29, 1.82) is 0 Å². The van der Waals surface area contributed by atoms with Crippen LogP contribution in [0.4, 0.5) is 5.69 Å². The second-order valence-electron chi connectivity index (χ2n) is 9.46. The number of amides is 1. The smallest absolute Gasteiger partial charge is 0.251 e. The fourth-order valence-corrected chi connectivity index (χ4v) is 4.38. The number of aromatic hydroxyl groups is 2. The van der Waals surface area contributed by atoms with Crippen LogP contribution in [0.25, 0.3) is 6.08 Å². The highest BCUT2D eigenvalue weighted by atomic mass is 16.7. The molecule has 11 nitrogen and oxygen atoms in total. The van der Waals surface area contributed by atoms with Crippen LogP contribution in [0.5, 0.6) is 17.2 Å². The van der Waals surface area contributed by atoms with Crippen LogP contribution in [0.2, 0.25) is 0 Å². The third kappa shape index (κ3) is 7.92. The van der Waals surface area contributed by atoms with Gasteiger partial charge in [0.25, 0.3) is 5.91 Å². The molecule has 4 N–H and O–H groups in total. The van der Waals surface area contributed by atoms with E-state index in [0.717, 1.165) is 0 Å². The normalized spacial score (nSPS) is 25.2. The van der Waals surface area contributed by atoms with Crippen molar-refractivity contribution in [3.63, 3.8) is 0 Å². The van der Waals surface area contributed by atoms with Crippen LogP contribution >= 0.6 is 0 Å². The first-order chi connectivity index (χ1) is 18.5. The summed E-state index contributed by atoms with van der Waals surface area (Å²) in [6.45, 7) is 6.87. The standard InChI is InChI=1S/C28H38N2O9/c1-15-11-19-25(33)20(14-21(31)27(19)38-7)29-28(34)16(2)9-8-10-22(36-5)26(39-30-35)18(4)13-17(3)24(32)23(12-15)37-6/h8-11,13-14,17,22-24,26,31-33H,12H2,1-7H3,(H,29,34)/t17-,22-,23-,24+,26-/m0/s1. The second kappa shape index (κ2) is 14.5. The molecule has 39 heavy (non-hydrogen) atoms. The minimum Gasteiger partial charge on any atom is -0.505 e. The number of hydrogen-bond donors (Lipinski definition) is 4. The number of aliphatic hydroxyl groups excluding tert-OH is 1. The van der Waals surface area contributed by atoms with Gasteiger partial charge in [0.1, 0.15) is 11.9 Å². The van der Waals surface area contributed by atoms with Crippen molar-refractivity contribution < 1.29 is 39.2 Å². The van der Waals surface area contributed by atoms with Gasteiger partial charge in [0, 0.05) is 31.8 Å². The van der Waals surface area contributed by atoms with Gasteiger partial charge in [-0.3, -0.25) is 4.79 Å². The summed E-state index contributed by atoms with van der Waals surface area (Å²) in [5, 5.41) is 37.8. The zero-order chi connectivity index (χ0) is 29.3. The lowest BCUT2D eigenvalue weighted by Gasteiger charge is -2.27. The molecule has 0 spiro atoms. The zero-order valence-electron chi connectivity index (χ0n) is 23.3. The topological polar surface area (TPSA) is 156 Å². The number of rotatable bonds is 5. The Morgan fingerprint density at radius 1 is 1.10 bits per heavy atom. The molecule has 0 aliphatic carbocycles. The van der Waals surface area contributed by atoms with Crippen molar-refractivity contribution in [2.24, 2.45) is 11.3 Å². The summed E-state index contributed by atoms with van der Waals surface area (Å²) >= 11 is 0. The van der Waals surface area contributed by atoms with Crippen molar-refractivity contribution in [1.82, 2.24) is 0 Å². The summed E-state index contributed by atoms with van der Waals surface area (Å²) in [4.78, 5) is 28.9. The van der Waals surface area contributed by atoms with E-state index in [9.17, 15) is 25.0 Å². The highest BCUT2D eigenvalue weighted by molar-refractivity contribution is 6.05. The van der Waals surface area contributed by atoms with E-state index in [2.05, 4.69) is 10.7 Å². The number of carbonyl (C=O) groups is 1. The summed E-state index contributed by atoms with van der Waals surface area (Å²) in [7, 11) is 4.26. The Bertz CT molecular complexity index is 1160. The molecule has 0 saturated heterocycles. The number of benzene rings is 1. The lowest BCUT2D eigenvalue weighted by molar-refractivity contribution is -0.112. The third-order valence-corrected chi connectivity index (χ3v) is 6.56. The Morgan fingerprint density at radius 2 is 1.79 bits per heavy atom. The molecule has 2 bridgehead atoms. The molecule has 1 heterocycles. The highest BCUT2D eigenvalue weighted by Gasteiger charge is 2.28. The number of methoxy groups -OCH3 is 3. The van der Waals surface area contributed by atoms with Crippen LogP contribution in [-0.4, -0.2) is 67.0 Å². The van der Waals surface area contributed by atoms with Crippen molar-refractivity contribution >= 4 is 17.7 Å². The quantitative estimate of drug-likeness (QED) is 0.138. The Balaban J connectivity index is 2.70.